The summed E-state index contributed by atoms with van der Waals surface area (Å²) >= 11 is 0. The van der Waals surface area contributed by atoms with Crippen LogP contribution in [0.5, 0.6) is 5.75 Å². The first-order valence-electron chi connectivity index (χ1n) is 8.60. The normalized spacial score (nSPS) is 19.9. The molecule has 1 aromatic carbocycles. The van der Waals surface area contributed by atoms with Gasteiger partial charge in [-0.15, -0.1) is 8.78 Å². The molecular weight excluding hydrogens is 398 g/mol. The van der Waals surface area contributed by atoms with Crippen molar-refractivity contribution in [1.29, 1.82) is 0 Å². The van der Waals surface area contributed by atoms with E-state index in [9.17, 15) is 22.4 Å². The lowest BCUT2D eigenvalue weighted by molar-refractivity contribution is -0.461. The highest BCUT2D eigenvalue weighted by Gasteiger charge is 2.54. The number of amides is 2. The molecule has 1 saturated heterocycles. The van der Waals surface area contributed by atoms with Crippen LogP contribution in [0.1, 0.15) is 5.56 Å². The molecule has 1 fully saturated rings. The van der Waals surface area contributed by atoms with Crippen LogP contribution in [-0.4, -0.2) is 53.4 Å². The molecule has 0 unspecified atom stereocenters. The fourth-order valence-corrected chi connectivity index (χ4v) is 3.07. The molecule has 154 valence electrons. The molecule has 0 saturated carbocycles. The van der Waals surface area contributed by atoms with Gasteiger partial charge in [0, 0.05) is 44.3 Å². The topological polar surface area (TPSA) is 79.8 Å². The maximum Gasteiger partial charge on any atom is 0.540 e. The third-order valence-electron chi connectivity index (χ3n) is 4.46. The van der Waals surface area contributed by atoms with Gasteiger partial charge in [-0.3, -0.25) is 4.98 Å². The Morgan fingerprint density at radius 2 is 1.86 bits per heavy atom. The van der Waals surface area contributed by atoms with Crippen LogP contribution >= 0.6 is 0 Å². The lowest BCUT2D eigenvalue weighted by Crippen LogP contribution is -2.50. The molecule has 0 atom stereocenters. The van der Waals surface area contributed by atoms with Crippen molar-refractivity contribution < 1.29 is 31.8 Å². The summed E-state index contributed by atoms with van der Waals surface area (Å²) in [5.74, 6) is -0.0249. The average molecular weight is 413 g/mol. The van der Waals surface area contributed by atoms with Crippen molar-refractivity contribution in [2.75, 3.05) is 36.4 Å². The number of nitrogens with one attached hydrogen (secondary N) is 1. The van der Waals surface area contributed by atoms with Crippen molar-refractivity contribution in [3.8, 4) is 5.75 Å². The molecule has 4 rings (SSSR count). The van der Waals surface area contributed by atoms with E-state index in [1.165, 1.54) is 11.0 Å². The number of hydrogen-bond acceptors (Lipinski definition) is 6. The first kappa shape index (κ1) is 19.2. The maximum atomic E-state index is 13.8. The third kappa shape index (κ3) is 4.01. The number of nitrogens with zero attached hydrogens (tertiary/aromatic N) is 4. The SMILES string of the molecule is O=C(Nc1ccc2c(c1)C(F)(F)OC(F)(F)O2)N1CCN(c2cnccn2)CC1. The van der Waals surface area contributed by atoms with Crippen molar-refractivity contribution in [2.45, 2.75) is 12.4 Å². The van der Waals surface area contributed by atoms with Crippen LogP contribution < -0.4 is 15.0 Å². The number of carbonyl (C=O) groups excluding carboxylic acids is 1. The number of alkyl halides is 4. The molecule has 12 heteroatoms. The Morgan fingerprint density at radius 1 is 1.10 bits per heavy atom. The van der Waals surface area contributed by atoms with Crippen LogP contribution in [0.3, 0.4) is 0 Å². The molecule has 0 bridgehead atoms. The molecule has 2 aromatic rings. The van der Waals surface area contributed by atoms with E-state index in [0.717, 1.165) is 12.1 Å². The van der Waals surface area contributed by atoms with Gasteiger partial charge in [0.1, 0.15) is 11.6 Å². The van der Waals surface area contributed by atoms with E-state index >= 15 is 0 Å². The van der Waals surface area contributed by atoms with Gasteiger partial charge >= 0.3 is 18.4 Å². The van der Waals surface area contributed by atoms with E-state index in [-0.39, 0.29) is 5.69 Å². The highest BCUT2D eigenvalue weighted by atomic mass is 19.3. The van der Waals surface area contributed by atoms with Crippen LogP contribution in [0, 0.1) is 0 Å². The number of hydrogen-bond donors (Lipinski definition) is 1. The highest BCUT2D eigenvalue weighted by Crippen LogP contribution is 2.46. The quantitative estimate of drug-likeness (QED) is 0.763. The van der Waals surface area contributed by atoms with Gasteiger partial charge in [-0.25, -0.2) is 14.5 Å². The summed E-state index contributed by atoms with van der Waals surface area (Å²) < 4.78 is 61.3. The van der Waals surface area contributed by atoms with E-state index in [1.807, 2.05) is 4.90 Å². The molecule has 3 heterocycles. The molecule has 0 radical (unpaired) electrons. The zero-order valence-electron chi connectivity index (χ0n) is 14.8. The Bertz CT molecular complexity index is 907. The molecule has 2 aliphatic rings. The lowest BCUT2D eigenvalue weighted by Gasteiger charge is -2.35. The van der Waals surface area contributed by atoms with E-state index in [0.29, 0.717) is 32.0 Å². The molecule has 2 aliphatic heterocycles. The Hall–Kier alpha value is -3.15. The van der Waals surface area contributed by atoms with E-state index in [1.54, 1.807) is 18.6 Å². The second-order valence-corrected chi connectivity index (χ2v) is 6.36. The average Bonchev–Trinajstić information content (AvgIpc) is 2.68. The smallest absolute Gasteiger partial charge is 0.409 e. The van der Waals surface area contributed by atoms with Gasteiger partial charge in [0.25, 0.3) is 0 Å². The fourth-order valence-electron chi connectivity index (χ4n) is 3.07. The van der Waals surface area contributed by atoms with Gasteiger partial charge in [-0.2, -0.15) is 8.78 Å². The first-order chi connectivity index (χ1) is 13.7. The number of benzene rings is 1. The number of urea groups is 1. The maximum absolute atomic E-state index is 13.8. The first-order valence-corrected chi connectivity index (χ1v) is 8.60. The van der Waals surface area contributed by atoms with Gasteiger partial charge in [0.2, 0.25) is 0 Å². The number of halogens is 4. The Kier molecular flexibility index (Phi) is 4.65. The van der Waals surface area contributed by atoms with Crippen LogP contribution in [0.2, 0.25) is 0 Å². The largest absolute Gasteiger partial charge is 0.540 e. The number of rotatable bonds is 2. The van der Waals surface area contributed by atoms with E-state index in [4.69, 9.17) is 0 Å². The Morgan fingerprint density at radius 3 is 2.55 bits per heavy atom. The van der Waals surface area contributed by atoms with Crippen molar-refractivity contribution in [3.63, 3.8) is 0 Å². The summed E-state index contributed by atoms with van der Waals surface area (Å²) in [6, 6.07) is 2.47. The minimum absolute atomic E-state index is 0.00203. The second kappa shape index (κ2) is 7.03. The standard InChI is InChI=1S/C17H15F4N5O3/c18-16(19)12-9-11(1-2-13(12)28-17(20,21)29-16)24-15(27)26-7-5-25(6-8-26)14-10-22-3-4-23-14/h1-4,9-10H,5-8H2,(H,24,27). The summed E-state index contributed by atoms with van der Waals surface area (Å²) in [6.07, 6.45) is -3.95. The van der Waals surface area contributed by atoms with Gasteiger partial charge in [0.05, 0.1) is 11.8 Å². The molecule has 8 nitrogen and oxygen atoms in total. The van der Waals surface area contributed by atoms with Crippen LogP contribution in [0.4, 0.5) is 33.9 Å². The number of fused-ring (bicyclic) bond motifs is 1. The predicted octanol–water partition coefficient (Wildman–Crippen LogP) is 2.84. The minimum Gasteiger partial charge on any atom is -0.409 e. The van der Waals surface area contributed by atoms with Crippen molar-refractivity contribution in [3.05, 3.63) is 42.4 Å². The van der Waals surface area contributed by atoms with Crippen LogP contribution in [-0.2, 0) is 10.8 Å². The molecule has 0 spiro atoms. The number of ether oxygens (including phenoxy) is 2. The summed E-state index contributed by atoms with van der Waals surface area (Å²) in [4.78, 5) is 24.1. The highest BCUT2D eigenvalue weighted by molar-refractivity contribution is 5.89. The van der Waals surface area contributed by atoms with Gasteiger partial charge < -0.3 is 19.9 Å². The van der Waals surface area contributed by atoms with Crippen LogP contribution in [0.25, 0.3) is 0 Å². The molecule has 29 heavy (non-hydrogen) atoms. The second-order valence-electron chi connectivity index (χ2n) is 6.36. The summed E-state index contributed by atoms with van der Waals surface area (Å²) in [5, 5.41) is 2.48. The van der Waals surface area contributed by atoms with Crippen LogP contribution in [0.15, 0.2) is 36.8 Å². The Labute approximate surface area is 162 Å². The Balaban J connectivity index is 1.41. The zero-order valence-corrected chi connectivity index (χ0v) is 14.8. The number of carbonyl (C=O) groups is 1. The van der Waals surface area contributed by atoms with Crippen molar-refractivity contribution >= 4 is 17.5 Å². The van der Waals surface area contributed by atoms with E-state index < -0.39 is 29.7 Å². The molecular formula is C17H15F4N5O3. The van der Waals surface area contributed by atoms with Crippen molar-refractivity contribution in [1.82, 2.24) is 14.9 Å². The number of piperazine rings is 1. The predicted molar refractivity (Wildman–Crippen MR) is 91.8 cm³/mol. The van der Waals surface area contributed by atoms with Gasteiger partial charge in [-0.05, 0) is 18.2 Å². The van der Waals surface area contributed by atoms with Gasteiger partial charge in [0.15, 0.2) is 0 Å². The molecule has 0 aliphatic carbocycles. The monoisotopic (exact) mass is 413 g/mol. The fraction of sp³-hybridized carbons (Fsp3) is 0.353. The summed E-state index contributed by atoms with van der Waals surface area (Å²) in [5.41, 5.74) is -0.893. The van der Waals surface area contributed by atoms with Crippen molar-refractivity contribution in [2.24, 2.45) is 0 Å². The van der Waals surface area contributed by atoms with Gasteiger partial charge in [-0.1, -0.05) is 0 Å². The molecule has 1 N–H and O–H groups in total. The summed E-state index contributed by atoms with van der Waals surface area (Å²) in [7, 11) is 0. The number of anilines is 2. The van der Waals surface area contributed by atoms with E-state index in [2.05, 4.69) is 24.8 Å². The number of aromatic nitrogens is 2. The zero-order chi connectivity index (χ0) is 20.6. The summed E-state index contributed by atoms with van der Waals surface area (Å²) in [6.45, 7) is 1.79. The lowest BCUT2D eigenvalue weighted by atomic mass is 10.1. The minimum atomic E-state index is -4.44. The third-order valence-corrected chi connectivity index (χ3v) is 4.46. The molecule has 1 aromatic heterocycles. The molecule has 2 amide bonds.